The molecule has 0 heterocycles. The average Bonchev–Trinajstić information content (AvgIpc) is 3.34. The minimum absolute atomic E-state index is 0.744. The van der Waals surface area contributed by atoms with Gasteiger partial charge in [0.15, 0.2) is 0 Å². The Kier molecular flexibility index (Phi) is 5.11. The second-order valence-corrected chi connectivity index (χ2v) is 11.9. The highest BCUT2D eigenvalue weighted by molar-refractivity contribution is 6.39. The molecule has 0 spiro atoms. The monoisotopic (exact) mass is 572 g/mol. The van der Waals surface area contributed by atoms with Gasteiger partial charge >= 0.3 is 0 Å². The van der Waals surface area contributed by atoms with E-state index in [1.165, 1.54) is 65.7 Å². The van der Waals surface area contributed by atoms with Crippen molar-refractivity contribution in [3.63, 3.8) is 0 Å². The number of benzene rings is 8. The lowest BCUT2D eigenvalue weighted by molar-refractivity contribution is 1.62. The van der Waals surface area contributed by atoms with Gasteiger partial charge in [0.1, 0.15) is 0 Å². The molecule has 8 aromatic carbocycles. The number of hydrogen-bond acceptors (Lipinski definition) is 0. The maximum absolute atomic E-state index is 7.02. The highest BCUT2D eigenvalue weighted by Gasteiger charge is 2.32. The number of rotatable bonds is 2. The molecule has 0 saturated carbocycles. The van der Waals surface area contributed by atoms with E-state index in [-0.39, 0.29) is 0 Å². The van der Waals surface area contributed by atoms with Crippen LogP contribution in [0.2, 0.25) is 10.0 Å². The first-order chi connectivity index (χ1) is 20.7. The van der Waals surface area contributed by atoms with Gasteiger partial charge in [0.2, 0.25) is 0 Å². The summed E-state index contributed by atoms with van der Waals surface area (Å²) in [7, 11) is 0. The van der Waals surface area contributed by atoms with Crippen LogP contribution in [0.5, 0.6) is 0 Å². The molecule has 0 atom stereocenters. The molecule has 2 heteroatoms. The fourth-order valence-corrected chi connectivity index (χ4v) is 7.70. The lowest BCUT2D eigenvalue weighted by Gasteiger charge is -2.21. The van der Waals surface area contributed by atoms with Crippen molar-refractivity contribution < 1.29 is 0 Å². The Bertz CT molecular complexity index is 2270. The van der Waals surface area contributed by atoms with Gasteiger partial charge in [0, 0.05) is 21.2 Å². The van der Waals surface area contributed by atoms with E-state index >= 15 is 0 Å². The molecular weight excluding hydrogens is 551 g/mol. The van der Waals surface area contributed by atoms with Crippen molar-refractivity contribution in [3.8, 4) is 44.5 Å². The summed E-state index contributed by atoms with van der Waals surface area (Å²) in [6, 6.07) is 47.5. The predicted octanol–water partition coefficient (Wildman–Crippen LogP) is 12.6. The van der Waals surface area contributed by atoms with E-state index < -0.39 is 0 Å². The van der Waals surface area contributed by atoms with E-state index in [0.29, 0.717) is 0 Å². The Morgan fingerprint density at radius 3 is 1.14 bits per heavy atom. The van der Waals surface area contributed by atoms with Crippen LogP contribution in [0.25, 0.3) is 87.6 Å². The average molecular weight is 574 g/mol. The summed E-state index contributed by atoms with van der Waals surface area (Å²) in [5.41, 5.74) is 9.34. The lowest BCUT2D eigenvalue weighted by atomic mass is 9.82. The molecule has 1 aliphatic carbocycles. The van der Waals surface area contributed by atoms with Gasteiger partial charge in [-0.15, -0.1) is 0 Å². The van der Waals surface area contributed by atoms with Crippen LogP contribution in [0.1, 0.15) is 0 Å². The third-order valence-electron chi connectivity index (χ3n) is 8.89. The number of halogens is 2. The second-order valence-electron chi connectivity index (χ2n) is 11.0. The minimum Gasteiger partial charge on any atom is -0.0837 e. The predicted molar refractivity (Wildman–Crippen MR) is 182 cm³/mol. The van der Waals surface area contributed by atoms with Gasteiger partial charge in [-0.25, -0.2) is 0 Å². The van der Waals surface area contributed by atoms with Crippen molar-refractivity contribution in [2.24, 2.45) is 0 Å². The molecule has 42 heavy (non-hydrogen) atoms. The molecular formula is C40H22Cl2. The molecule has 0 aliphatic heterocycles. The molecule has 1 aliphatic rings. The van der Waals surface area contributed by atoms with Gasteiger partial charge < -0.3 is 0 Å². The van der Waals surface area contributed by atoms with Gasteiger partial charge in [-0.2, -0.15) is 0 Å². The lowest BCUT2D eigenvalue weighted by Crippen LogP contribution is -1.94. The zero-order valence-electron chi connectivity index (χ0n) is 22.5. The minimum atomic E-state index is 0.744. The van der Waals surface area contributed by atoms with Gasteiger partial charge in [-0.1, -0.05) is 132 Å². The van der Waals surface area contributed by atoms with E-state index in [2.05, 4.69) is 109 Å². The van der Waals surface area contributed by atoms with Crippen molar-refractivity contribution in [2.45, 2.75) is 0 Å². The topological polar surface area (TPSA) is 0 Å². The van der Waals surface area contributed by atoms with Crippen LogP contribution in [0, 0.1) is 0 Å². The fourth-order valence-electron chi connectivity index (χ4n) is 7.24. The van der Waals surface area contributed by atoms with Crippen molar-refractivity contribution in [2.75, 3.05) is 0 Å². The third-order valence-corrected chi connectivity index (χ3v) is 9.55. The van der Waals surface area contributed by atoms with Crippen LogP contribution in [0.15, 0.2) is 133 Å². The van der Waals surface area contributed by atoms with Crippen LogP contribution in [-0.2, 0) is 0 Å². The van der Waals surface area contributed by atoms with Gasteiger partial charge in [-0.05, 0) is 101 Å². The summed E-state index contributed by atoms with van der Waals surface area (Å²) in [4.78, 5) is 0. The van der Waals surface area contributed by atoms with Crippen LogP contribution >= 0.6 is 23.2 Å². The maximum atomic E-state index is 7.02. The molecule has 9 rings (SSSR count). The Hall–Kier alpha value is -4.62. The SMILES string of the molecule is Clc1ccccc1-c1c2c(c(-c3ccccc3Cl)c3ccccc13)-c1cc3ccccc3c3c1c-2cc1ccccc13. The van der Waals surface area contributed by atoms with Crippen LogP contribution in [0.4, 0.5) is 0 Å². The molecule has 0 unspecified atom stereocenters. The van der Waals surface area contributed by atoms with Gasteiger partial charge in [0.05, 0.1) is 0 Å². The Morgan fingerprint density at radius 1 is 0.310 bits per heavy atom. The van der Waals surface area contributed by atoms with E-state index in [1.807, 2.05) is 24.3 Å². The third kappa shape index (κ3) is 3.20. The molecule has 0 N–H and O–H groups in total. The quantitative estimate of drug-likeness (QED) is 0.181. The van der Waals surface area contributed by atoms with Crippen LogP contribution in [0.3, 0.4) is 0 Å². The molecule has 0 fully saturated rings. The molecule has 0 radical (unpaired) electrons. The van der Waals surface area contributed by atoms with E-state index in [0.717, 1.165) is 31.9 Å². The molecule has 0 aromatic heterocycles. The summed E-state index contributed by atoms with van der Waals surface area (Å²) < 4.78 is 0. The highest BCUT2D eigenvalue weighted by Crippen LogP contribution is 2.60. The zero-order chi connectivity index (χ0) is 27.9. The molecule has 0 nitrogen and oxygen atoms in total. The molecule has 0 amide bonds. The summed E-state index contributed by atoms with van der Waals surface area (Å²) >= 11 is 14.0. The first kappa shape index (κ1) is 24.0. The number of hydrogen-bond donors (Lipinski definition) is 0. The van der Waals surface area contributed by atoms with Crippen molar-refractivity contribution in [3.05, 3.63) is 144 Å². The van der Waals surface area contributed by atoms with E-state index in [9.17, 15) is 0 Å². The summed E-state index contributed by atoms with van der Waals surface area (Å²) in [6.45, 7) is 0. The Morgan fingerprint density at radius 2 is 0.690 bits per heavy atom. The molecule has 0 bridgehead atoms. The van der Waals surface area contributed by atoms with Crippen LogP contribution < -0.4 is 0 Å². The van der Waals surface area contributed by atoms with Crippen molar-refractivity contribution >= 4 is 66.3 Å². The second kappa shape index (κ2) is 8.94. The Labute approximate surface area is 253 Å². The zero-order valence-corrected chi connectivity index (χ0v) is 24.0. The fraction of sp³-hybridized carbons (Fsp3) is 0. The first-order valence-corrected chi connectivity index (χ1v) is 14.9. The largest absolute Gasteiger partial charge is 0.0837 e. The Balaban J connectivity index is 1.62. The summed E-state index contributed by atoms with van der Waals surface area (Å²) in [5, 5.41) is 11.4. The van der Waals surface area contributed by atoms with Crippen LogP contribution in [-0.4, -0.2) is 0 Å². The molecule has 8 aromatic rings. The highest BCUT2D eigenvalue weighted by atomic mass is 35.5. The van der Waals surface area contributed by atoms with Gasteiger partial charge in [0.25, 0.3) is 0 Å². The first-order valence-electron chi connectivity index (χ1n) is 14.2. The van der Waals surface area contributed by atoms with Crippen molar-refractivity contribution in [1.29, 1.82) is 0 Å². The molecule has 0 saturated heterocycles. The smallest absolute Gasteiger partial charge is 0.0484 e. The van der Waals surface area contributed by atoms with E-state index in [1.54, 1.807) is 0 Å². The van der Waals surface area contributed by atoms with E-state index in [4.69, 9.17) is 23.2 Å². The normalized spacial score (nSPS) is 12.0. The summed E-state index contributed by atoms with van der Waals surface area (Å²) in [6.07, 6.45) is 0. The van der Waals surface area contributed by atoms with Crippen molar-refractivity contribution in [1.82, 2.24) is 0 Å². The van der Waals surface area contributed by atoms with Gasteiger partial charge in [-0.3, -0.25) is 0 Å². The molecule has 196 valence electrons. The standard InChI is InChI=1S/C40H22Cl2/c41-33-19-9-7-17-29(33)36-27-15-5-6-16-28(27)37(30-18-8-10-20-34(30)42)40-32-22-24-12-2-4-14-26(24)35-25-13-3-1-11-23(25)21-31(38(32)35)39(36)40/h1-22H. The summed E-state index contributed by atoms with van der Waals surface area (Å²) in [5.74, 6) is 0. The maximum Gasteiger partial charge on any atom is 0.0484 e. The number of fused-ring (bicyclic) bond motifs is 8.